The lowest BCUT2D eigenvalue weighted by Gasteiger charge is -2.33. The highest BCUT2D eigenvalue weighted by Crippen LogP contribution is 2.38. The van der Waals surface area contributed by atoms with Crippen molar-refractivity contribution in [2.75, 3.05) is 13.2 Å². The summed E-state index contributed by atoms with van der Waals surface area (Å²) in [5, 5.41) is 0. The average Bonchev–Trinajstić information content (AvgIpc) is 3.70. The molecule has 1 atom stereocenters. The van der Waals surface area contributed by atoms with Gasteiger partial charge in [0.15, 0.2) is 0 Å². The quantitative estimate of drug-likeness (QED) is 0.236. The van der Waals surface area contributed by atoms with Crippen molar-refractivity contribution in [3.8, 4) is 11.5 Å². The number of ether oxygens (including phenoxy) is 2. The summed E-state index contributed by atoms with van der Waals surface area (Å²) in [6.45, 7) is 17.9. The van der Waals surface area contributed by atoms with Gasteiger partial charge in [-0.15, -0.1) is 0 Å². The van der Waals surface area contributed by atoms with Crippen molar-refractivity contribution in [3.63, 3.8) is 0 Å². The maximum absolute atomic E-state index is 6.44. The Kier molecular flexibility index (Phi) is 8.61. The highest BCUT2D eigenvalue weighted by molar-refractivity contribution is 5.42. The second-order valence-corrected chi connectivity index (χ2v) is 15.4. The molecule has 0 heterocycles. The van der Waals surface area contributed by atoms with Crippen LogP contribution in [0, 0.1) is 11.8 Å². The van der Waals surface area contributed by atoms with Crippen LogP contribution in [0.1, 0.15) is 108 Å². The summed E-state index contributed by atoms with van der Waals surface area (Å²) in [7, 11) is 0. The molecular weight excluding hydrogens is 500 g/mol. The third kappa shape index (κ3) is 7.97. The maximum atomic E-state index is 6.44. The molecule has 2 heteroatoms. The summed E-state index contributed by atoms with van der Waals surface area (Å²) in [6, 6.07) is 25.2. The molecule has 3 aromatic carbocycles. The van der Waals surface area contributed by atoms with Crippen LogP contribution in [0.4, 0.5) is 0 Å². The van der Waals surface area contributed by atoms with Gasteiger partial charge in [0.1, 0.15) is 11.5 Å². The second-order valence-electron chi connectivity index (χ2n) is 15.4. The van der Waals surface area contributed by atoms with E-state index in [1.54, 1.807) is 0 Å². The van der Waals surface area contributed by atoms with Gasteiger partial charge in [-0.3, -0.25) is 0 Å². The Hall–Kier alpha value is -2.74. The second kappa shape index (κ2) is 11.9. The minimum absolute atomic E-state index is 0.0542. The van der Waals surface area contributed by atoms with Crippen LogP contribution < -0.4 is 9.47 Å². The number of rotatable bonds is 11. The molecule has 220 valence electrons. The Bertz CT molecular complexity index is 1320. The highest BCUT2D eigenvalue weighted by atomic mass is 16.5. The smallest absolute Gasteiger partial charge is 0.119 e. The molecule has 0 amide bonds. The number of hydrogen-bond donors (Lipinski definition) is 0. The van der Waals surface area contributed by atoms with Crippen molar-refractivity contribution in [1.29, 1.82) is 0 Å². The molecule has 2 aliphatic carbocycles. The molecule has 3 aromatic rings. The van der Waals surface area contributed by atoms with Gasteiger partial charge >= 0.3 is 0 Å². The van der Waals surface area contributed by atoms with Crippen molar-refractivity contribution >= 4 is 0 Å². The fourth-order valence-electron chi connectivity index (χ4n) is 5.93. The van der Waals surface area contributed by atoms with Gasteiger partial charge in [0.25, 0.3) is 0 Å². The Morgan fingerprint density at radius 2 is 1.12 bits per heavy atom. The van der Waals surface area contributed by atoms with Crippen LogP contribution in [0.5, 0.6) is 11.5 Å². The molecule has 41 heavy (non-hydrogen) atoms. The van der Waals surface area contributed by atoms with Gasteiger partial charge in [-0.2, -0.15) is 0 Å². The molecule has 2 aliphatic rings. The lowest BCUT2D eigenvalue weighted by Crippen LogP contribution is -2.29. The van der Waals surface area contributed by atoms with Crippen LogP contribution >= 0.6 is 0 Å². The van der Waals surface area contributed by atoms with Gasteiger partial charge in [0.05, 0.1) is 13.2 Å². The fourth-order valence-corrected chi connectivity index (χ4v) is 5.93. The van der Waals surface area contributed by atoms with Gasteiger partial charge in [-0.05, 0) is 113 Å². The first-order valence-electron chi connectivity index (χ1n) is 16.0. The van der Waals surface area contributed by atoms with Crippen LogP contribution in [-0.4, -0.2) is 13.2 Å². The number of benzene rings is 3. The third-order valence-corrected chi connectivity index (χ3v) is 9.24. The Morgan fingerprint density at radius 3 is 1.76 bits per heavy atom. The summed E-state index contributed by atoms with van der Waals surface area (Å²) in [6.07, 6.45) is 8.45. The van der Waals surface area contributed by atoms with E-state index in [2.05, 4.69) is 115 Å². The average molecular weight is 553 g/mol. The first-order chi connectivity index (χ1) is 19.4. The molecule has 0 radical (unpaired) electrons. The summed E-state index contributed by atoms with van der Waals surface area (Å²) >= 11 is 0. The molecular formula is C39H52O2. The van der Waals surface area contributed by atoms with E-state index >= 15 is 0 Å². The molecule has 2 fully saturated rings. The molecule has 1 unspecified atom stereocenters. The van der Waals surface area contributed by atoms with E-state index in [-0.39, 0.29) is 16.2 Å². The maximum Gasteiger partial charge on any atom is 0.119 e. The molecule has 0 aliphatic heterocycles. The Labute approximate surface area is 249 Å². The first-order valence-corrected chi connectivity index (χ1v) is 16.0. The van der Waals surface area contributed by atoms with Crippen LogP contribution in [0.2, 0.25) is 0 Å². The van der Waals surface area contributed by atoms with Gasteiger partial charge in [0.2, 0.25) is 0 Å². The van der Waals surface area contributed by atoms with Crippen LogP contribution in [-0.2, 0) is 29.1 Å². The molecule has 0 saturated heterocycles. The zero-order chi connectivity index (χ0) is 29.3. The zero-order valence-corrected chi connectivity index (χ0v) is 26.7. The zero-order valence-electron chi connectivity index (χ0n) is 26.7. The van der Waals surface area contributed by atoms with Crippen LogP contribution in [0.15, 0.2) is 66.7 Å². The van der Waals surface area contributed by atoms with E-state index in [4.69, 9.17) is 9.47 Å². The van der Waals surface area contributed by atoms with E-state index in [0.29, 0.717) is 0 Å². The number of hydrogen-bond acceptors (Lipinski definition) is 2. The van der Waals surface area contributed by atoms with Gasteiger partial charge in [0, 0.05) is 5.41 Å². The molecule has 0 spiro atoms. The van der Waals surface area contributed by atoms with E-state index in [1.165, 1.54) is 59.9 Å². The third-order valence-electron chi connectivity index (χ3n) is 9.24. The predicted molar refractivity (Wildman–Crippen MR) is 173 cm³/mol. The minimum Gasteiger partial charge on any atom is -0.493 e. The fraction of sp³-hybridized carbons (Fsp3) is 0.538. The summed E-state index contributed by atoms with van der Waals surface area (Å²) in [5.74, 6) is 3.48. The lowest BCUT2D eigenvalue weighted by atomic mass is 9.72. The first kappa shape index (κ1) is 29.7. The molecule has 0 aromatic heterocycles. The van der Waals surface area contributed by atoms with Gasteiger partial charge in [-0.1, -0.05) is 97.4 Å². The van der Waals surface area contributed by atoms with E-state index in [9.17, 15) is 0 Å². The van der Waals surface area contributed by atoms with Crippen LogP contribution in [0.3, 0.4) is 0 Å². The lowest BCUT2D eigenvalue weighted by molar-refractivity contribution is 0.180. The highest BCUT2D eigenvalue weighted by Gasteiger charge is 2.30. The topological polar surface area (TPSA) is 18.5 Å². The normalized spacial score (nSPS) is 17.5. The Morgan fingerprint density at radius 1 is 0.561 bits per heavy atom. The monoisotopic (exact) mass is 552 g/mol. The summed E-state index contributed by atoms with van der Waals surface area (Å²) < 4.78 is 12.7. The summed E-state index contributed by atoms with van der Waals surface area (Å²) in [4.78, 5) is 0. The van der Waals surface area contributed by atoms with Crippen molar-refractivity contribution < 1.29 is 9.47 Å². The van der Waals surface area contributed by atoms with Crippen molar-refractivity contribution in [3.05, 3.63) is 94.5 Å². The molecule has 2 saturated carbocycles. The van der Waals surface area contributed by atoms with Crippen molar-refractivity contribution in [1.82, 2.24) is 0 Å². The standard InChI is InChI=1S/C39H52O2/c1-37(2,3)32-14-9-13-30(19-32)24-39(7,33-15-10-16-35(22-33)40-27-29-17-18-29)25-31-20-34(38(4,5)6)23-36(21-31)41-26-28-11-8-12-28/h9-10,13-16,19-23,28-29H,8,11-12,17-18,24-27H2,1-7H3. The largest absolute Gasteiger partial charge is 0.493 e. The van der Waals surface area contributed by atoms with E-state index < -0.39 is 0 Å². The molecule has 5 rings (SSSR count). The minimum atomic E-state index is -0.114. The molecule has 0 N–H and O–H groups in total. The van der Waals surface area contributed by atoms with Gasteiger partial charge in [-0.25, -0.2) is 0 Å². The van der Waals surface area contributed by atoms with Gasteiger partial charge < -0.3 is 9.47 Å². The predicted octanol–water partition coefficient (Wildman–Crippen LogP) is 9.99. The SMILES string of the molecule is CC(C)(C)c1cccc(CC(C)(Cc2cc(OCC3CCC3)cc(C(C)(C)C)c2)c2cccc(OCC3CC3)c2)c1. The van der Waals surface area contributed by atoms with Crippen molar-refractivity contribution in [2.24, 2.45) is 11.8 Å². The summed E-state index contributed by atoms with van der Waals surface area (Å²) in [5.41, 5.74) is 6.87. The molecule has 2 nitrogen and oxygen atoms in total. The molecule has 0 bridgehead atoms. The van der Waals surface area contributed by atoms with E-state index in [1.807, 2.05) is 0 Å². The van der Waals surface area contributed by atoms with E-state index in [0.717, 1.165) is 49.4 Å². The Balaban J connectivity index is 1.50. The van der Waals surface area contributed by atoms with Crippen molar-refractivity contribution in [2.45, 2.75) is 110 Å². The van der Waals surface area contributed by atoms with Crippen LogP contribution in [0.25, 0.3) is 0 Å².